The molecule has 0 atom stereocenters. The zero-order valence-corrected chi connectivity index (χ0v) is 18.8. The van der Waals surface area contributed by atoms with E-state index in [1.165, 1.54) is 12.1 Å². The number of sulfonamides is 1. The van der Waals surface area contributed by atoms with Crippen molar-refractivity contribution in [1.29, 1.82) is 0 Å². The molecule has 9 heteroatoms. The average Bonchev–Trinajstić information content (AvgIpc) is 2.77. The van der Waals surface area contributed by atoms with Crippen molar-refractivity contribution in [3.8, 4) is 5.88 Å². The molecule has 0 aliphatic heterocycles. The second-order valence-corrected chi connectivity index (χ2v) is 9.30. The highest BCUT2D eigenvalue weighted by atomic mass is 79.9. The molecule has 2 aromatic heterocycles. The molecule has 2 heterocycles. The zero-order valence-electron chi connectivity index (χ0n) is 16.4. The normalized spacial score (nSPS) is 11.4. The van der Waals surface area contributed by atoms with Crippen molar-refractivity contribution in [3.05, 3.63) is 83.1 Å². The van der Waals surface area contributed by atoms with Crippen molar-refractivity contribution in [2.24, 2.45) is 0 Å². The number of aromatic nitrogens is 3. The lowest BCUT2D eigenvalue weighted by Crippen LogP contribution is -2.16. The summed E-state index contributed by atoms with van der Waals surface area (Å²) in [6.07, 6.45) is 3.19. The molecule has 0 fully saturated rings. The first-order valence-corrected chi connectivity index (χ1v) is 11.9. The number of nitrogens with zero attached hydrogens (tertiary/aromatic N) is 3. The predicted octanol–water partition coefficient (Wildman–Crippen LogP) is 4.60. The molecule has 0 bridgehead atoms. The molecule has 0 radical (unpaired) electrons. The number of pyridine rings is 1. The van der Waals surface area contributed by atoms with Gasteiger partial charge in [0.05, 0.1) is 22.5 Å². The minimum atomic E-state index is -3.86. The van der Waals surface area contributed by atoms with E-state index in [9.17, 15) is 8.42 Å². The first kappa shape index (κ1) is 21.2. The summed E-state index contributed by atoms with van der Waals surface area (Å²) in [5.41, 5.74) is 2.15. The molecule has 7 nitrogen and oxygen atoms in total. The number of hydrogen-bond acceptors (Lipinski definition) is 6. The van der Waals surface area contributed by atoms with E-state index >= 15 is 0 Å². The van der Waals surface area contributed by atoms with E-state index in [1.54, 1.807) is 30.5 Å². The third-order valence-electron chi connectivity index (χ3n) is 4.44. The first-order chi connectivity index (χ1) is 15.0. The van der Waals surface area contributed by atoms with E-state index in [-0.39, 0.29) is 16.6 Å². The molecule has 1 N–H and O–H groups in total. The fraction of sp³-hybridized carbons (Fsp3) is 0.136. The topological polar surface area (TPSA) is 94.1 Å². The summed E-state index contributed by atoms with van der Waals surface area (Å²) >= 11 is 3.31. The lowest BCUT2D eigenvalue weighted by atomic mass is 10.2. The van der Waals surface area contributed by atoms with Crippen LogP contribution in [0.4, 0.5) is 5.82 Å². The summed E-state index contributed by atoms with van der Waals surface area (Å²) in [7, 11) is -3.86. The summed E-state index contributed by atoms with van der Waals surface area (Å²) in [5, 5.41) is 0. The Kier molecular flexibility index (Phi) is 6.43. The Hall–Kier alpha value is -3.04. The third kappa shape index (κ3) is 5.36. The second kappa shape index (κ2) is 9.40. The standard InChI is InChI=1S/C22H19BrN4O3S/c23-16-10-12-18(13-11-16)31(28,29)27-21-22(26-20-9-2-1-8-19(20)25-21)30-15-5-7-17-6-3-4-14-24-17/h1-4,6,8-14H,5,7,15H2,(H,25,27). The van der Waals surface area contributed by atoms with Crippen LogP contribution in [-0.4, -0.2) is 30.0 Å². The Morgan fingerprint density at radius 3 is 2.32 bits per heavy atom. The van der Waals surface area contributed by atoms with Gasteiger partial charge in [0.25, 0.3) is 15.9 Å². The molecule has 0 amide bonds. The molecule has 0 aliphatic rings. The molecule has 2 aromatic carbocycles. The van der Waals surface area contributed by atoms with E-state index in [2.05, 4.69) is 35.6 Å². The highest BCUT2D eigenvalue weighted by Crippen LogP contribution is 2.26. The van der Waals surface area contributed by atoms with Crippen molar-refractivity contribution < 1.29 is 13.2 Å². The van der Waals surface area contributed by atoms with Crippen LogP contribution in [0, 0.1) is 0 Å². The van der Waals surface area contributed by atoms with E-state index in [0.717, 1.165) is 16.6 Å². The van der Waals surface area contributed by atoms with E-state index in [4.69, 9.17) is 4.74 Å². The van der Waals surface area contributed by atoms with Gasteiger partial charge >= 0.3 is 0 Å². The molecule has 4 aromatic rings. The van der Waals surface area contributed by atoms with Gasteiger partial charge < -0.3 is 4.74 Å². The van der Waals surface area contributed by atoms with Gasteiger partial charge in [-0.3, -0.25) is 9.71 Å². The first-order valence-electron chi connectivity index (χ1n) is 9.59. The molecular weight excluding hydrogens is 480 g/mol. The van der Waals surface area contributed by atoms with Crippen LogP contribution in [0.25, 0.3) is 11.0 Å². The van der Waals surface area contributed by atoms with Gasteiger partial charge in [0, 0.05) is 16.4 Å². The highest BCUT2D eigenvalue weighted by molar-refractivity contribution is 9.10. The lowest BCUT2D eigenvalue weighted by Gasteiger charge is -2.13. The van der Waals surface area contributed by atoms with Crippen LogP contribution in [0.5, 0.6) is 5.88 Å². The molecule has 0 unspecified atom stereocenters. The maximum absolute atomic E-state index is 12.9. The summed E-state index contributed by atoms with van der Waals surface area (Å²) in [4.78, 5) is 13.3. The zero-order chi connectivity index (χ0) is 21.7. The number of para-hydroxylation sites is 2. The number of benzene rings is 2. The quantitative estimate of drug-likeness (QED) is 0.356. The molecule has 31 heavy (non-hydrogen) atoms. The van der Waals surface area contributed by atoms with Crippen molar-refractivity contribution >= 4 is 42.8 Å². The van der Waals surface area contributed by atoms with Crippen LogP contribution >= 0.6 is 15.9 Å². The van der Waals surface area contributed by atoms with Crippen LogP contribution in [0.15, 0.2) is 82.3 Å². The van der Waals surface area contributed by atoms with Crippen LogP contribution < -0.4 is 9.46 Å². The average molecular weight is 499 g/mol. The second-order valence-electron chi connectivity index (χ2n) is 6.70. The summed E-state index contributed by atoms with van der Waals surface area (Å²) in [5.74, 6) is 0.194. The highest BCUT2D eigenvalue weighted by Gasteiger charge is 2.19. The number of aryl methyl sites for hydroxylation is 1. The van der Waals surface area contributed by atoms with Gasteiger partial charge in [-0.2, -0.15) is 0 Å². The fourth-order valence-electron chi connectivity index (χ4n) is 2.92. The van der Waals surface area contributed by atoms with Gasteiger partial charge in [-0.15, -0.1) is 0 Å². The Balaban J connectivity index is 1.56. The largest absolute Gasteiger partial charge is 0.475 e. The Labute approximate surface area is 188 Å². The minimum Gasteiger partial charge on any atom is -0.475 e. The molecule has 0 spiro atoms. The number of nitrogens with one attached hydrogen (secondary N) is 1. The molecule has 0 saturated carbocycles. The van der Waals surface area contributed by atoms with E-state index in [0.29, 0.717) is 24.1 Å². The number of ether oxygens (including phenoxy) is 1. The van der Waals surface area contributed by atoms with Gasteiger partial charge in [-0.1, -0.05) is 34.1 Å². The number of rotatable bonds is 8. The molecule has 4 rings (SSSR count). The van der Waals surface area contributed by atoms with Gasteiger partial charge in [0.15, 0.2) is 0 Å². The van der Waals surface area contributed by atoms with Gasteiger partial charge in [0.1, 0.15) is 0 Å². The monoisotopic (exact) mass is 498 g/mol. The fourth-order valence-corrected chi connectivity index (χ4v) is 4.18. The maximum atomic E-state index is 12.9. The van der Waals surface area contributed by atoms with Gasteiger partial charge in [-0.05, 0) is 61.4 Å². The van der Waals surface area contributed by atoms with Crippen molar-refractivity contribution in [2.45, 2.75) is 17.7 Å². The summed E-state index contributed by atoms with van der Waals surface area (Å²) < 4.78 is 34.9. The minimum absolute atomic E-state index is 0.0551. The third-order valence-corrected chi connectivity index (χ3v) is 6.32. The maximum Gasteiger partial charge on any atom is 0.263 e. The molecule has 158 valence electrons. The molecular formula is C22H19BrN4O3S. The molecule has 0 aliphatic carbocycles. The van der Waals surface area contributed by atoms with E-state index < -0.39 is 10.0 Å². The number of fused-ring (bicyclic) bond motifs is 1. The Morgan fingerprint density at radius 1 is 0.903 bits per heavy atom. The van der Waals surface area contributed by atoms with E-state index in [1.807, 2.05) is 30.3 Å². The number of halogens is 1. The SMILES string of the molecule is O=S(=O)(Nc1nc2ccccc2nc1OCCCc1ccccn1)c1ccc(Br)cc1. The smallest absolute Gasteiger partial charge is 0.263 e. The lowest BCUT2D eigenvalue weighted by molar-refractivity contribution is 0.300. The number of anilines is 1. The number of hydrogen-bond donors (Lipinski definition) is 1. The van der Waals surface area contributed by atoms with Crippen LogP contribution in [-0.2, 0) is 16.4 Å². The summed E-state index contributed by atoms with van der Waals surface area (Å²) in [6.45, 7) is 0.344. The Bertz CT molecular complexity index is 1280. The van der Waals surface area contributed by atoms with Crippen LogP contribution in [0.1, 0.15) is 12.1 Å². The van der Waals surface area contributed by atoms with Crippen LogP contribution in [0.2, 0.25) is 0 Å². The van der Waals surface area contributed by atoms with Crippen molar-refractivity contribution in [3.63, 3.8) is 0 Å². The van der Waals surface area contributed by atoms with Crippen molar-refractivity contribution in [2.75, 3.05) is 11.3 Å². The molecule has 0 saturated heterocycles. The summed E-state index contributed by atoms with van der Waals surface area (Å²) in [6, 6.07) is 19.3. The van der Waals surface area contributed by atoms with Crippen LogP contribution in [0.3, 0.4) is 0 Å². The van der Waals surface area contributed by atoms with Gasteiger partial charge in [0.2, 0.25) is 5.82 Å². The van der Waals surface area contributed by atoms with Gasteiger partial charge in [-0.25, -0.2) is 18.4 Å². The van der Waals surface area contributed by atoms with Crippen molar-refractivity contribution in [1.82, 2.24) is 15.0 Å². The Morgan fingerprint density at radius 2 is 1.61 bits per heavy atom. The predicted molar refractivity (Wildman–Crippen MR) is 123 cm³/mol.